The summed E-state index contributed by atoms with van der Waals surface area (Å²) in [4.78, 5) is 22.6. The van der Waals surface area contributed by atoms with Crippen molar-refractivity contribution in [3.8, 4) is 11.3 Å². The third-order valence-corrected chi connectivity index (χ3v) is 5.13. The van der Waals surface area contributed by atoms with Crippen LogP contribution < -0.4 is 5.32 Å². The van der Waals surface area contributed by atoms with Crippen LogP contribution in [-0.2, 0) is 9.84 Å². The molecule has 1 amide bonds. The average molecular weight is 433 g/mol. The molecule has 0 saturated carbocycles. The summed E-state index contributed by atoms with van der Waals surface area (Å²) in [5.74, 6) is -0.541. The first-order valence-electron chi connectivity index (χ1n) is 8.04. The van der Waals surface area contributed by atoms with Crippen molar-refractivity contribution in [2.75, 3.05) is 11.6 Å². The van der Waals surface area contributed by atoms with Crippen LogP contribution in [-0.4, -0.2) is 35.7 Å². The SMILES string of the molecule is CS(=O)(=O)c1ccc(-c2cccc(NC(=O)c3ccc([N+](=O)[O-])cc3Cl)c2)nn1. The molecule has 29 heavy (non-hydrogen) atoms. The summed E-state index contributed by atoms with van der Waals surface area (Å²) < 4.78 is 23.0. The van der Waals surface area contributed by atoms with Crippen molar-refractivity contribution in [2.45, 2.75) is 5.03 Å². The number of halogens is 1. The van der Waals surface area contributed by atoms with Crippen molar-refractivity contribution < 1.29 is 18.1 Å². The number of hydrogen-bond acceptors (Lipinski definition) is 7. The third-order valence-electron chi connectivity index (χ3n) is 3.84. The zero-order valence-electron chi connectivity index (χ0n) is 14.9. The molecule has 9 nitrogen and oxygen atoms in total. The van der Waals surface area contributed by atoms with Gasteiger partial charge in [0.15, 0.2) is 14.9 Å². The molecular weight excluding hydrogens is 420 g/mol. The molecule has 1 aromatic heterocycles. The molecule has 148 valence electrons. The van der Waals surface area contributed by atoms with Crippen LogP contribution >= 0.6 is 11.6 Å². The Hall–Kier alpha value is -3.37. The Morgan fingerprint density at radius 1 is 1.10 bits per heavy atom. The highest BCUT2D eigenvalue weighted by Crippen LogP contribution is 2.25. The Morgan fingerprint density at radius 3 is 2.45 bits per heavy atom. The number of nitrogens with one attached hydrogen (secondary N) is 1. The van der Waals surface area contributed by atoms with Crippen LogP contribution in [0.15, 0.2) is 59.6 Å². The van der Waals surface area contributed by atoms with Gasteiger partial charge in [0.25, 0.3) is 11.6 Å². The van der Waals surface area contributed by atoms with Crippen LogP contribution in [0.3, 0.4) is 0 Å². The van der Waals surface area contributed by atoms with E-state index in [4.69, 9.17) is 11.6 Å². The van der Waals surface area contributed by atoms with Crippen LogP contribution in [0, 0.1) is 10.1 Å². The standard InChI is InChI=1S/C18H13ClN4O5S/c1-29(27,28)17-8-7-16(21-22-17)11-3-2-4-12(9-11)20-18(24)14-6-5-13(23(25)26)10-15(14)19/h2-10H,1H3,(H,20,24). The molecule has 0 saturated heterocycles. The molecule has 0 fully saturated rings. The van der Waals surface area contributed by atoms with Crippen molar-refractivity contribution in [3.63, 3.8) is 0 Å². The Bertz CT molecular complexity index is 1210. The van der Waals surface area contributed by atoms with Crippen molar-refractivity contribution in [3.05, 3.63) is 75.3 Å². The number of benzene rings is 2. The molecule has 1 N–H and O–H groups in total. The van der Waals surface area contributed by atoms with E-state index in [0.717, 1.165) is 12.3 Å². The Balaban J connectivity index is 1.83. The molecule has 0 radical (unpaired) electrons. The van der Waals surface area contributed by atoms with Gasteiger partial charge < -0.3 is 5.32 Å². The van der Waals surface area contributed by atoms with E-state index in [1.807, 2.05) is 0 Å². The van der Waals surface area contributed by atoms with Gasteiger partial charge in [-0.2, -0.15) is 0 Å². The van der Waals surface area contributed by atoms with E-state index in [1.54, 1.807) is 24.3 Å². The van der Waals surface area contributed by atoms with Gasteiger partial charge in [0.05, 0.1) is 21.2 Å². The highest BCUT2D eigenvalue weighted by atomic mass is 35.5. The predicted molar refractivity (Wildman–Crippen MR) is 107 cm³/mol. The van der Waals surface area contributed by atoms with Gasteiger partial charge in [-0.05, 0) is 30.3 Å². The van der Waals surface area contributed by atoms with Gasteiger partial charge in [0.2, 0.25) is 0 Å². The smallest absolute Gasteiger partial charge is 0.270 e. The minimum Gasteiger partial charge on any atom is -0.322 e. The largest absolute Gasteiger partial charge is 0.322 e. The molecule has 0 unspecified atom stereocenters. The molecular formula is C18H13ClN4O5S. The number of carbonyl (C=O) groups is 1. The number of non-ortho nitro benzene ring substituents is 1. The van der Waals surface area contributed by atoms with Crippen LogP contribution in [0.4, 0.5) is 11.4 Å². The van der Waals surface area contributed by atoms with Crippen molar-refractivity contribution in [1.82, 2.24) is 10.2 Å². The fraction of sp³-hybridized carbons (Fsp3) is 0.0556. The first kappa shape index (κ1) is 20.4. The van der Waals surface area contributed by atoms with Gasteiger partial charge in [0, 0.05) is 29.6 Å². The van der Waals surface area contributed by atoms with Crippen molar-refractivity contribution >= 4 is 38.7 Å². The quantitative estimate of drug-likeness (QED) is 0.482. The van der Waals surface area contributed by atoms with Crippen LogP contribution in [0.25, 0.3) is 11.3 Å². The molecule has 0 bridgehead atoms. The number of anilines is 1. The Kier molecular flexibility index (Phi) is 5.57. The third kappa shape index (κ3) is 4.73. The Morgan fingerprint density at radius 2 is 1.86 bits per heavy atom. The molecule has 3 aromatic rings. The summed E-state index contributed by atoms with van der Waals surface area (Å²) in [6.07, 6.45) is 1.04. The first-order valence-corrected chi connectivity index (χ1v) is 10.3. The van der Waals surface area contributed by atoms with E-state index < -0.39 is 20.7 Å². The minimum atomic E-state index is -3.45. The van der Waals surface area contributed by atoms with Gasteiger partial charge in [0.1, 0.15) is 0 Å². The molecule has 0 atom stereocenters. The number of hydrogen-bond donors (Lipinski definition) is 1. The second-order valence-corrected chi connectivity index (χ2v) is 8.35. The monoisotopic (exact) mass is 432 g/mol. The number of carbonyl (C=O) groups excluding carboxylic acids is 1. The van der Waals surface area contributed by atoms with E-state index >= 15 is 0 Å². The number of nitro groups is 1. The lowest BCUT2D eigenvalue weighted by Crippen LogP contribution is -2.12. The van der Waals surface area contributed by atoms with Crippen molar-refractivity contribution in [2.24, 2.45) is 0 Å². The van der Waals surface area contributed by atoms with Crippen LogP contribution in [0.5, 0.6) is 0 Å². The first-order chi connectivity index (χ1) is 13.6. The van der Waals surface area contributed by atoms with E-state index in [2.05, 4.69) is 15.5 Å². The van der Waals surface area contributed by atoms with Crippen molar-refractivity contribution in [1.29, 1.82) is 0 Å². The highest BCUT2D eigenvalue weighted by molar-refractivity contribution is 7.90. The fourth-order valence-corrected chi connectivity index (χ4v) is 3.19. The number of nitro benzene ring substituents is 1. The molecule has 0 aliphatic rings. The van der Waals surface area contributed by atoms with Gasteiger partial charge in [-0.15, -0.1) is 10.2 Å². The zero-order chi connectivity index (χ0) is 21.2. The number of nitrogens with zero attached hydrogens (tertiary/aromatic N) is 3. The normalized spacial score (nSPS) is 11.1. The predicted octanol–water partition coefficient (Wildman–Crippen LogP) is 3.36. The van der Waals surface area contributed by atoms with Gasteiger partial charge in [-0.25, -0.2) is 8.42 Å². The zero-order valence-corrected chi connectivity index (χ0v) is 16.4. The average Bonchev–Trinajstić information content (AvgIpc) is 2.67. The summed E-state index contributed by atoms with van der Waals surface area (Å²) in [6, 6.07) is 13.1. The molecule has 0 aliphatic heterocycles. The lowest BCUT2D eigenvalue weighted by Gasteiger charge is -2.08. The number of amides is 1. The molecule has 11 heteroatoms. The summed E-state index contributed by atoms with van der Waals surface area (Å²) >= 11 is 5.98. The fourth-order valence-electron chi connectivity index (χ4n) is 2.43. The minimum absolute atomic E-state index is 0.0462. The second kappa shape index (κ2) is 7.94. The van der Waals surface area contributed by atoms with Gasteiger partial charge in [-0.1, -0.05) is 23.7 Å². The maximum absolute atomic E-state index is 12.5. The van der Waals surface area contributed by atoms with E-state index in [9.17, 15) is 23.3 Å². The summed E-state index contributed by atoms with van der Waals surface area (Å²) in [7, 11) is -3.45. The van der Waals surface area contributed by atoms with E-state index in [-0.39, 0.29) is 21.3 Å². The summed E-state index contributed by atoms with van der Waals surface area (Å²) in [5.41, 5.74) is 1.31. The maximum Gasteiger partial charge on any atom is 0.270 e. The van der Waals surface area contributed by atoms with E-state index in [1.165, 1.54) is 24.3 Å². The maximum atomic E-state index is 12.5. The van der Waals surface area contributed by atoms with Crippen LogP contribution in [0.2, 0.25) is 5.02 Å². The highest BCUT2D eigenvalue weighted by Gasteiger charge is 2.16. The van der Waals surface area contributed by atoms with E-state index in [0.29, 0.717) is 16.9 Å². The number of sulfone groups is 1. The van der Waals surface area contributed by atoms with Gasteiger partial charge in [-0.3, -0.25) is 14.9 Å². The van der Waals surface area contributed by atoms with Gasteiger partial charge >= 0.3 is 0 Å². The molecule has 0 aliphatic carbocycles. The summed E-state index contributed by atoms with van der Waals surface area (Å²) in [5, 5.41) is 20.9. The number of rotatable bonds is 5. The van der Waals surface area contributed by atoms with Crippen LogP contribution in [0.1, 0.15) is 10.4 Å². The lowest BCUT2D eigenvalue weighted by molar-refractivity contribution is -0.384. The second-order valence-electron chi connectivity index (χ2n) is 5.99. The topological polar surface area (TPSA) is 132 Å². The molecule has 0 spiro atoms. The lowest BCUT2D eigenvalue weighted by atomic mass is 10.1. The number of aromatic nitrogens is 2. The Labute approximate surface area is 170 Å². The molecule has 2 aromatic carbocycles. The summed E-state index contributed by atoms with van der Waals surface area (Å²) in [6.45, 7) is 0. The molecule has 1 heterocycles. The molecule has 3 rings (SSSR count).